The van der Waals surface area contributed by atoms with Gasteiger partial charge in [-0.3, -0.25) is 9.59 Å². The molecule has 0 bridgehead atoms. The standard InChI is InChI=1S/C18H16N2O4/c1-24-12-6-4-5-11(9-12)19-17(22)16-14(10-21)13-7-2-3-8-15(13)20-18(16)23/h2-9,21H,10H2,1H3,(H,19,22)(H,20,23). The monoisotopic (exact) mass is 324 g/mol. The number of carbonyl (C=O) groups excluding carboxylic acids is 1. The molecule has 24 heavy (non-hydrogen) atoms. The summed E-state index contributed by atoms with van der Waals surface area (Å²) in [6.07, 6.45) is 0. The first-order chi connectivity index (χ1) is 11.6. The Labute approximate surface area is 137 Å². The molecular formula is C18H16N2O4. The minimum Gasteiger partial charge on any atom is -0.497 e. The third-order valence-electron chi connectivity index (χ3n) is 3.74. The van der Waals surface area contributed by atoms with Gasteiger partial charge in [0.25, 0.3) is 11.5 Å². The maximum absolute atomic E-state index is 12.6. The molecule has 122 valence electrons. The number of para-hydroxylation sites is 1. The number of ether oxygens (including phenoxy) is 1. The maximum Gasteiger partial charge on any atom is 0.261 e. The Kier molecular flexibility index (Phi) is 4.31. The van der Waals surface area contributed by atoms with Gasteiger partial charge in [-0.2, -0.15) is 0 Å². The molecule has 6 heteroatoms. The second kappa shape index (κ2) is 6.55. The normalized spacial score (nSPS) is 10.6. The fourth-order valence-corrected chi connectivity index (χ4v) is 2.61. The highest BCUT2D eigenvalue weighted by Crippen LogP contribution is 2.21. The van der Waals surface area contributed by atoms with Gasteiger partial charge in [0.05, 0.1) is 13.7 Å². The second-order valence-electron chi connectivity index (χ2n) is 5.20. The predicted octanol–water partition coefficient (Wildman–Crippen LogP) is 2.28. The van der Waals surface area contributed by atoms with E-state index in [-0.39, 0.29) is 5.56 Å². The Bertz CT molecular complexity index is 963. The van der Waals surface area contributed by atoms with Gasteiger partial charge in [0.1, 0.15) is 11.3 Å². The molecule has 0 saturated carbocycles. The Hall–Kier alpha value is -3.12. The molecule has 0 saturated heterocycles. The van der Waals surface area contributed by atoms with Crippen LogP contribution in [0.2, 0.25) is 0 Å². The van der Waals surface area contributed by atoms with Crippen LogP contribution in [-0.2, 0) is 6.61 Å². The van der Waals surface area contributed by atoms with E-state index in [1.807, 2.05) is 0 Å². The number of benzene rings is 2. The zero-order valence-electron chi connectivity index (χ0n) is 13.0. The summed E-state index contributed by atoms with van der Waals surface area (Å²) in [4.78, 5) is 27.6. The summed E-state index contributed by atoms with van der Waals surface area (Å²) in [6, 6.07) is 13.8. The number of anilines is 1. The third kappa shape index (κ3) is 2.87. The molecule has 1 amide bonds. The Morgan fingerprint density at radius 3 is 2.75 bits per heavy atom. The molecule has 6 nitrogen and oxygen atoms in total. The van der Waals surface area contributed by atoms with E-state index < -0.39 is 18.1 Å². The van der Waals surface area contributed by atoms with Gasteiger partial charge < -0.3 is 20.1 Å². The number of rotatable bonds is 4. The molecule has 0 aliphatic carbocycles. The minimum atomic E-state index is -0.584. The number of aromatic nitrogens is 1. The zero-order valence-corrected chi connectivity index (χ0v) is 13.0. The third-order valence-corrected chi connectivity index (χ3v) is 3.74. The number of aliphatic hydroxyl groups excluding tert-OH is 1. The molecule has 1 heterocycles. The molecule has 0 radical (unpaired) electrons. The van der Waals surface area contributed by atoms with Gasteiger partial charge in [0, 0.05) is 28.2 Å². The number of methoxy groups -OCH3 is 1. The maximum atomic E-state index is 12.6. The number of hydrogen-bond acceptors (Lipinski definition) is 4. The lowest BCUT2D eigenvalue weighted by Gasteiger charge is -2.11. The lowest BCUT2D eigenvalue weighted by atomic mass is 10.0. The van der Waals surface area contributed by atoms with Gasteiger partial charge in [-0.1, -0.05) is 24.3 Å². The van der Waals surface area contributed by atoms with Crippen LogP contribution < -0.4 is 15.6 Å². The molecule has 0 aliphatic heterocycles. The molecule has 2 aromatic carbocycles. The summed E-state index contributed by atoms with van der Waals surface area (Å²) in [6.45, 7) is -0.411. The SMILES string of the molecule is COc1cccc(NC(=O)c2c(CO)c3ccccc3[nH]c2=O)c1. The molecular weight excluding hydrogens is 308 g/mol. The van der Waals surface area contributed by atoms with Gasteiger partial charge in [-0.05, 0) is 18.2 Å². The van der Waals surface area contributed by atoms with Crippen molar-refractivity contribution in [3.05, 3.63) is 70.0 Å². The van der Waals surface area contributed by atoms with E-state index in [1.165, 1.54) is 7.11 Å². The fourth-order valence-electron chi connectivity index (χ4n) is 2.61. The van der Waals surface area contributed by atoms with Crippen molar-refractivity contribution < 1.29 is 14.6 Å². The van der Waals surface area contributed by atoms with Crippen LogP contribution in [0.4, 0.5) is 5.69 Å². The summed E-state index contributed by atoms with van der Waals surface area (Å²) in [5.74, 6) is 0.00177. The van der Waals surface area contributed by atoms with Crippen molar-refractivity contribution in [2.75, 3.05) is 12.4 Å². The number of hydrogen-bond donors (Lipinski definition) is 3. The van der Waals surface area contributed by atoms with Crippen LogP contribution in [0.15, 0.2) is 53.3 Å². The van der Waals surface area contributed by atoms with Crippen LogP contribution in [0.25, 0.3) is 10.9 Å². The van der Waals surface area contributed by atoms with Crippen LogP contribution >= 0.6 is 0 Å². The first-order valence-electron chi connectivity index (χ1n) is 7.34. The summed E-state index contributed by atoms with van der Waals surface area (Å²) in [5, 5.41) is 13.0. The highest BCUT2D eigenvalue weighted by atomic mass is 16.5. The quantitative estimate of drug-likeness (QED) is 0.686. The molecule has 3 rings (SSSR count). The molecule has 0 unspecified atom stereocenters. The molecule has 0 fully saturated rings. The zero-order chi connectivity index (χ0) is 17.1. The van der Waals surface area contributed by atoms with E-state index in [9.17, 15) is 14.7 Å². The number of aliphatic hydroxyl groups is 1. The van der Waals surface area contributed by atoms with E-state index >= 15 is 0 Å². The Morgan fingerprint density at radius 2 is 2.00 bits per heavy atom. The predicted molar refractivity (Wildman–Crippen MR) is 91.4 cm³/mol. The number of pyridine rings is 1. The van der Waals surface area contributed by atoms with Gasteiger partial charge in [0.15, 0.2) is 0 Å². The van der Waals surface area contributed by atoms with E-state index in [0.717, 1.165) is 0 Å². The highest BCUT2D eigenvalue weighted by Gasteiger charge is 2.19. The van der Waals surface area contributed by atoms with Crippen LogP contribution in [0.3, 0.4) is 0 Å². The number of fused-ring (bicyclic) bond motifs is 1. The van der Waals surface area contributed by atoms with Crippen LogP contribution in [0, 0.1) is 0 Å². The average Bonchev–Trinajstić information content (AvgIpc) is 2.60. The van der Waals surface area contributed by atoms with Crippen molar-refractivity contribution in [3.8, 4) is 5.75 Å². The van der Waals surface area contributed by atoms with E-state index in [2.05, 4.69) is 10.3 Å². The summed E-state index contributed by atoms with van der Waals surface area (Å²) < 4.78 is 5.11. The van der Waals surface area contributed by atoms with Gasteiger partial charge in [-0.25, -0.2) is 0 Å². The van der Waals surface area contributed by atoms with E-state index in [1.54, 1.807) is 48.5 Å². The summed E-state index contributed by atoms with van der Waals surface area (Å²) in [7, 11) is 1.53. The summed E-state index contributed by atoms with van der Waals surface area (Å²) in [5.41, 5.74) is 0.729. The van der Waals surface area contributed by atoms with Crippen molar-refractivity contribution in [1.29, 1.82) is 0 Å². The summed E-state index contributed by atoms with van der Waals surface area (Å²) >= 11 is 0. The van der Waals surface area contributed by atoms with Crippen molar-refractivity contribution in [1.82, 2.24) is 4.98 Å². The highest BCUT2D eigenvalue weighted by molar-refractivity contribution is 6.07. The molecule has 3 N–H and O–H groups in total. The van der Waals surface area contributed by atoms with Gasteiger partial charge in [0.2, 0.25) is 0 Å². The second-order valence-corrected chi connectivity index (χ2v) is 5.20. The smallest absolute Gasteiger partial charge is 0.261 e. The molecule has 1 aromatic heterocycles. The van der Waals surface area contributed by atoms with Crippen molar-refractivity contribution >= 4 is 22.5 Å². The van der Waals surface area contributed by atoms with Crippen LogP contribution in [0.1, 0.15) is 15.9 Å². The largest absolute Gasteiger partial charge is 0.497 e. The lowest BCUT2D eigenvalue weighted by molar-refractivity contribution is 0.102. The molecule has 0 aliphatic rings. The van der Waals surface area contributed by atoms with Gasteiger partial charge in [-0.15, -0.1) is 0 Å². The average molecular weight is 324 g/mol. The lowest BCUT2D eigenvalue weighted by Crippen LogP contribution is -2.26. The Balaban J connectivity index is 2.06. The number of carbonyl (C=O) groups is 1. The fraction of sp³-hybridized carbons (Fsp3) is 0.111. The minimum absolute atomic E-state index is 0.0981. The Morgan fingerprint density at radius 1 is 1.21 bits per heavy atom. The van der Waals surface area contributed by atoms with E-state index in [4.69, 9.17) is 4.74 Å². The molecule has 0 atom stereocenters. The van der Waals surface area contributed by atoms with Crippen LogP contribution in [-0.4, -0.2) is 23.1 Å². The van der Waals surface area contributed by atoms with Crippen molar-refractivity contribution in [3.63, 3.8) is 0 Å². The number of H-pyrrole nitrogens is 1. The van der Waals surface area contributed by atoms with Crippen LogP contribution in [0.5, 0.6) is 5.75 Å². The topological polar surface area (TPSA) is 91.4 Å². The molecule has 3 aromatic rings. The first kappa shape index (κ1) is 15.8. The van der Waals surface area contributed by atoms with E-state index in [0.29, 0.717) is 27.9 Å². The first-order valence-corrected chi connectivity index (χ1v) is 7.34. The molecule has 0 spiro atoms. The van der Waals surface area contributed by atoms with Crippen molar-refractivity contribution in [2.45, 2.75) is 6.61 Å². The number of nitrogens with one attached hydrogen (secondary N) is 2. The number of amides is 1. The van der Waals surface area contributed by atoms with Crippen molar-refractivity contribution in [2.24, 2.45) is 0 Å². The number of aromatic amines is 1. The van der Waals surface area contributed by atoms with Gasteiger partial charge >= 0.3 is 0 Å².